The molecule has 0 saturated heterocycles. The van der Waals surface area contributed by atoms with Crippen molar-refractivity contribution in [3.05, 3.63) is 83.1 Å². The van der Waals surface area contributed by atoms with Crippen molar-refractivity contribution in [1.82, 2.24) is 5.32 Å². The largest absolute Gasteiger partial charge is 0.460 e. The van der Waals surface area contributed by atoms with E-state index in [4.69, 9.17) is 16.0 Å². The van der Waals surface area contributed by atoms with Gasteiger partial charge in [0.1, 0.15) is 11.5 Å². The molecular formula is C19H18ClNO2. The molecule has 0 aliphatic carbocycles. The molecular weight excluding hydrogens is 310 g/mol. The highest BCUT2D eigenvalue weighted by atomic mass is 35.5. The lowest BCUT2D eigenvalue weighted by molar-refractivity contribution is 0.173. The van der Waals surface area contributed by atoms with Crippen LogP contribution in [0.15, 0.2) is 71.1 Å². The van der Waals surface area contributed by atoms with Gasteiger partial charge in [0.05, 0.1) is 12.6 Å². The van der Waals surface area contributed by atoms with Crippen LogP contribution < -0.4 is 5.32 Å². The van der Waals surface area contributed by atoms with Gasteiger partial charge in [-0.2, -0.15) is 0 Å². The Labute approximate surface area is 140 Å². The Morgan fingerprint density at radius 2 is 1.70 bits per heavy atom. The number of benzene rings is 2. The number of nitrogens with one attached hydrogen (secondary N) is 1. The second-order valence-corrected chi connectivity index (χ2v) is 5.77. The van der Waals surface area contributed by atoms with E-state index >= 15 is 0 Å². The van der Waals surface area contributed by atoms with Gasteiger partial charge >= 0.3 is 0 Å². The van der Waals surface area contributed by atoms with Crippen LogP contribution in [0.4, 0.5) is 0 Å². The van der Waals surface area contributed by atoms with E-state index in [9.17, 15) is 5.11 Å². The van der Waals surface area contributed by atoms with Crippen molar-refractivity contribution in [3.8, 4) is 11.3 Å². The van der Waals surface area contributed by atoms with E-state index in [1.807, 2.05) is 66.7 Å². The second kappa shape index (κ2) is 7.47. The first-order valence-electron chi connectivity index (χ1n) is 7.51. The van der Waals surface area contributed by atoms with Gasteiger partial charge in [-0.3, -0.25) is 0 Å². The van der Waals surface area contributed by atoms with Gasteiger partial charge in [-0.15, -0.1) is 0 Å². The predicted molar refractivity (Wildman–Crippen MR) is 92.3 cm³/mol. The molecule has 0 amide bonds. The maximum atomic E-state index is 10.1. The van der Waals surface area contributed by atoms with Crippen LogP contribution in [0.1, 0.15) is 17.4 Å². The fourth-order valence-corrected chi connectivity index (χ4v) is 2.49. The molecule has 1 atom stereocenters. The Hall–Kier alpha value is -2.07. The third-order valence-electron chi connectivity index (χ3n) is 3.61. The highest BCUT2D eigenvalue weighted by Crippen LogP contribution is 2.23. The Morgan fingerprint density at radius 3 is 2.43 bits per heavy atom. The van der Waals surface area contributed by atoms with Crippen molar-refractivity contribution in [2.75, 3.05) is 6.54 Å². The zero-order valence-electron chi connectivity index (χ0n) is 12.6. The first kappa shape index (κ1) is 15.8. The lowest BCUT2D eigenvalue weighted by Crippen LogP contribution is -2.20. The fraction of sp³-hybridized carbons (Fsp3) is 0.158. The highest BCUT2D eigenvalue weighted by Gasteiger charge is 2.08. The molecule has 0 saturated carbocycles. The summed E-state index contributed by atoms with van der Waals surface area (Å²) in [7, 11) is 0. The number of aliphatic hydroxyl groups is 1. The molecule has 3 aromatic rings. The standard InChI is InChI=1S/C19H18ClNO2/c20-16-8-6-15(7-9-16)19-11-10-17(23-19)12-21-13-18(22)14-4-2-1-3-5-14/h1-11,18,21-22H,12-13H2. The molecule has 0 radical (unpaired) electrons. The minimum absolute atomic E-state index is 0.473. The second-order valence-electron chi connectivity index (χ2n) is 5.33. The molecule has 0 spiro atoms. The number of rotatable bonds is 6. The average molecular weight is 328 g/mol. The summed E-state index contributed by atoms with van der Waals surface area (Å²) in [5, 5.41) is 14.0. The lowest BCUT2D eigenvalue weighted by Gasteiger charge is -2.11. The lowest BCUT2D eigenvalue weighted by atomic mass is 10.1. The molecule has 4 heteroatoms. The number of hydrogen-bond acceptors (Lipinski definition) is 3. The summed E-state index contributed by atoms with van der Waals surface area (Å²) in [6.45, 7) is 1.04. The molecule has 1 aromatic heterocycles. The van der Waals surface area contributed by atoms with Gasteiger partial charge in [-0.1, -0.05) is 41.9 Å². The van der Waals surface area contributed by atoms with Gasteiger partial charge in [0, 0.05) is 17.1 Å². The zero-order chi connectivity index (χ0) is 16.1. The summed E-state index contributed by atoms with van der Waals surface area (Å²) in [5.41, 5.74) is 1.89. The van der Waals surface area contributed by atoms with Crippen LogP contribution in [0.5, 0.6) is 0 Å². The predicted octanol–water partition coefficient (Wildman–Crippen LogP) is 4.42. The van der Waals surface area contributed by atoms with E-state index in [0.717, 1.165) is 22.6 Å². The summed E-state index contributed by atoms with van der Waals surface area (Å²) in [4.78, 5) is 0. The van der Waals surface area contributed by atoms with E-state index in [1.165, 1.54) is 0 Å². The maximum Gasteiger partial charge on any atom is 0.134 e. The van der Waals surface area contributed by atoms with Crippen LogP contribution in [0.2, 0.25) is 5.02 Å². The van der Waals surface area contributed by atoms with Crippen LogP contribution in [-0.4, -0.2) is 11.7 Å². The summed E-state index contributed by atoms with van der Waals surface area (Å²) in [5.74, 6) is 1.64. The minimum atomic E-state index is -0.526. The Balaban J connectivity index is 1.54. The summed E-state index contributed by atoms with van der Waals surface area (Å²) < 4.78 is 5.81. The van der Waals surface area contributed by atoms with Gasteiger partial charge in [0.25, 0.3) is 0 Å². The van der Waals surface area contributed by atoms with Crippen molar-refractivity contribution in [2.45, 2.75) is 12.6 Å². The third-order valence-corrected chi connectivity index (χ3v) is 3.86. The number of furan rings is 1. The molecule has 23 heavy (non-hydrogen) atoms. The van der Waals surface area contributed by atoms with Crippen molar-refractivity contribution >= 4 is 11.6 Å². The van der Waals surface area contributed by atoms with Crippen LogP contribution >= 0.6 is 11.6 Å². The van der Waals surface area contributed by atoms with Crippen molar-refractivity contribution in [1.29, 1.82) is 0 Å². The third kappa shape index (κ3) is 4.23. The summed E-state index contributed by atoms with van der Waals surface area (Å²) in [6.07, 6.45) is -0.526. The molecule has 0 aliphatic rings. The van der Waals surface area contributed by atoms with Crippen LogP contribution in [0, 0.1) is 0 Å². The van der Waals surface area contributed by atoms with E-state index in [-0.39, 0.29) is 0 Å². The molecule has 1 unspecified atom stereocenters. The molecule has 1 heterocycles. The van der Waals surface area contributed by atoms with Crippen molar-refractivity contribution < 1.29 is 9.52 Å². The Morgan fingerprint density at radius 1 is 0.957 bits per heavy atom. The smallest absolute Gasteiger partial charge is 0.134 e. The average Bonchev–Trinajstić information content (AvgIpc) is 3.05. The van der Waals surface area contributed by atoms with Gasteiger partial charge in [-0.25, -0.2) is 0 Å². The molecule has 118 valence electrons. The summed E-state index contributed by atoms with van der Waals surface area (Å²) >= 11 is 5.89. The van der Waals surface area contributed by atoms with Gasteiger partial charge < -0.3 is 14.8 Å². The van der Waals surface area contributed by atoms with Crippen molar-refractivity contribution in [3.63, 3.8) is 0 Å². The molecule has 0 fully saturated rings. The molecule has 0 aliphatic heterocycles. The van der Waals surface area contributed by atoms with Crippen molar-refractivity contribution in [2.24, 2.45) is 0 Å². The van der Waals surface area contributed by atoms with Crippen LogP contribution in [-0.2, 0) is 6.54 Å². The molecule has 0 bridgehead atoms. The van der Waals surface area contributed by atoms with E-state index < -0.39 is 6.10 Å². The number of hydrogen-bond donors (Lipinski definition) is 2. The normalized spacial score (nSPS) is 12.3. The topological polar surface area (TPSA) is 45.4 Å². The van der Waals surface area contributed by atoms with E-state index in [2.05, 4.69) is 5.32 Å². The monoisotopic (exact) mass is 327 g/mol. The van der Waals surface area contributed by atoms with Crippen LogP contribution in [0.3, 0.4) is 0 Å². The van der Waals surface area contributed by atoms with Gasteiger partial charge in [-0.05, 0) is 42.0 Å². The zero-order valence-corrected chi connectivity index (χ0v) is 13.3. The van der Waals surface area contributed by atoms with Crippen LogP contribution in [0.25, 0.3) is 11.3 Å². The number of halogens is 1. The molecule has 3 nitrogen and oxygen atoms in total. The Kier molecular flexibility index (Phi) is 5.13. The van der Waals surface area contributed by atoms with Gasteiger partial charge in [0.15, 0.2) is 0 Å². The molecule has 2 N–H and O–H groups in total. The highest BCUT2D eigenvalue weighted by molar-refractivity contribution is 6.30. The fourth-order valence-electron chi connectivity index (χ4n) is 2.37. The first-order valence-corrected chi connectivity index (χ1v) is 7.88. The van der Waals surface area contributed by atoms with E-state index in [0.29, 0.717) is 18.1 Å². The minimum Gasteiger partial charge on any atom is -0.460 e. The number of aliphatic hydroxyl groups excluding tert-OH is 1. The van der Waals surface area contributed by atoms with E-state index in [1.54, 1.807) is 0 Å². The first-order chi connectivity index (χ1) is 11.2. The molecule has 3 rings (SSSR count). The molecule has 2 aromatic carbocycles. The SMILES string of the molecule is OC(CNCc1ccc(-c2ccc(Cl)cc2)o1)c1ccccc1. The van der Waals surface area contributed by atoms with Gasteiger partial charge in [0.2, 0.25) is 0 Å². The quantitative estimate of drug-likeness (QED) is 0.704. The summed E-state index contributed by atoms with van der Waals surface area (Å²) in [6, 6.07) is 21.0. The Bertz CT molecular complexity index is 738. The maximum absolute atomic E-state index is 10.1.